The molecule has 0 bridgehead atoms. The van der Waals surface area contributed by atoms with Crippen LogP contribution in [0.3, 0.4) is 0 Å². The molecule has 0 N–H and O–H groups in total. The predicted octanol–water partition coefficient (Wildman–Crippen LogP) is 2.44. The van der Waals surface area contributed by atoms with Gasteiger partial charge in [0.1, 0.15) is 0 Å². The van der Waals surface area contributed by atoms with Crippen LogP contribution < -0.4 is 0 Å². The van der Waals surface area contributed by atoms with Crippen molar-refractivity contribution in [2.75, 3.05) is 31.6 Å². The zero-order valence-electron chi connectivity index (χ0n) is 10.1. The predicted molar refractivity (Wildman–Crippen MR) is 68.8 cm³/mol. The molecule has 1 fully saturated rings. The maximum Gasteiger partial charge on any atom is 0.225 e. The second-order valence-corrected chi connectivity index (χ2v) is 5.05. The highest BCUT2D eigenvalue weighted by atomic mass is 79.9. The normalized spacial score (nSPS) is 17.4. The van der Waals surface area contributed by atoms with Crippen LogP contribution in [0.15, 0.2) is 0 Å². The Hall–Kier alpha value is -0.0900. The molecule has 0 unspecified atom stereocenters. The van der Waals surface area contributed by atoms with Gasteiger partial charge in [-0.2, -0.15) is 0 Å². The molecule has 1 heterocycles. The standard InChI is InChI=1S/C12H22BrNO2/c1-2-3-7-14(8-6-13)12(15)11-4-9-16-10-5-11/h11H,2-10H2,1H3. The number of alkyl halides is 1. The van der Waals surface area contributed by atoms with Crippen LogP contribution in [-0.2, 0) is 9.53 Å². The number of hydrogen-bond acceptors (Lipinski definition) is 2. The fourth-order valence-corrected chi connectivity index (χ4v) is 2.41. The second kappa shape index (κ2) is 8.07. The van der Waals surface area contributed by atoms with Crippen molar-refractivity contribution in [3.8, 4) is 0 Å². The van der Waals surface area contributed by atoms with Gasteiger partial charge in [-0.25, -0.2) is 0 Å². The lowest BCUT2D eigenvalue weighted by Gasteiger charge is -2.29. The number of amides is 1. The fourth-order valence-electron chi connectivity index (χ4n) is 1.99. The van der Waals surface area contributed by atoms with Gasteiger partial charge in [-0.05, 0) is 19.3 Å². The first-order chi connectivity index (χ1) is 7.79. The third kappa shape index (κ3) is 4.42. The summed E-state index contributed by atoms with van der Waals surface area (Å²) in [5.41, 5.74) is 0. The molecule has 0 radical (unpaired) electrons. The van der Waals surface area contributed by atoms with E-state index in [1.807, 2.05) is 4.90 Å². The first-order valence-electron chi connectivity index (χ1n) is 6.22. The average Bonchev–Trinajstić information content (AvgIpc) is 2.35. The third-order valence-corrected chi connectivity index (χ3v) is 3.37. The highest BCUT2D eigenvalue weighted by Crippen LogP contribution is 2.18. The number of hydrogen-bond donors (Lipinski definition) is 0. The van der Waals surface area contributed by atoms with Crippen LogP contribution in [0.1, 0.15) is 32.6 Å². The van der Waals surface area contributed by atoms with E-state index in [0.29, 0.717) is 5.91 Å². The van der Waals surface area contributed by atoms with Gasteiger partial charge in [0, 0.05) is 37.6 Å². The second-order valence-electron chi connectivity index (χ2n) is 4.25. The summed E-state index contributed by atoms with van der Waals surface area (Å²) in [5.74, 6) is 0.529. The van der Waals surface area contributed by atoms with E-state index >= 15 is 0 Å². The number of halogens is 1. The van der Waals surface area contributed by atoms with Crippen molar-refractivity contribution in [1.29, 1.82) is 0 Å². The maximum absolute atomic E-state index is 12.2. The van der Waals surface area contributed by atoms with Gasteiger partial charge in [0.05, 0.1) is 0 Å². The molecule has 1 rings (SSSR count). The summed E-state index contributed by atoms with van der Waals surface area (Å²) in [6.45, 7) is 5.37. The van der Waals surface area contributed by atoms with E-state index in [1.54, 1.807) is 0 Å². The van der Waals surface area contributed by atoms with E-state index < -0.39 is 0 Å². The molecule has 4 heteroatoms. The third-order valence-electron chi connectivity index (χ3n) is 3.02. The smallest absolute Gasteiger partial charge is 0.225 e. The number of carbonyl (C=O) groups excluding carboxylic acids is 1. The van der Waals surface area contributed by atoms with Gasteiger partial charge in [0.15, 0.2) is 0 Å². The van der Waals surface area contributed by atoms with Crippen LogP contribution in [0.5, 0.6) is 0 Å². The van der Waals surface area contributed by atoms with E-state index in [4.69, 9.17) is 4.74 Å². The van der Waals surface area contributed by atoms with Crippen molar-refractivity contribution in [3.63, 3.8) is 0 Å². The Morgan fingerprint density at radius 1 is 1.38 bits per heavy atom. The molecule has 94 valence electrons. The number of ether oxygens (including phenoxy) is 1. The molecule has 1 saturated heterocycles. The molecule has 0 aliphatic carbocycles. The summed E-state index contributed by atoms with van der Waals surface area (Å²) in [7, 11) is 0. The molecule has 1 amide bonds. The Morgan fingerprint density at radius 2 is 2.06 bits per heavy atom. The van der Waals surface area contributed by atoms with Crippen molar-refractivity contribution in [1.82, 2.24) is 4.90 Å². The van der Waals surface area contributed by atoms with Gasteiger partial charge in [-0.15, -0.1) is 0 Å². The molecule has 3 nitrogen and oxygen atoms in total. The van der Waals surface area contributed by atoms with Crippen LogP contribution in [0, 0.1) is 5.92 Å². The van der Waals surface area contributed by atoms with Crippen molar-refractivity contribution in [2.24, 2.45) is 5.92 Å². The largest absolute Gasteiger partial charge is 0.381 e. The maximum atomic E-state index is 12.2. The molecular weight excluding hydrogens is 270 g/mol. The van der Waals surface area contributed by atoms with Crippen molar-refractivity contribution in [2.45, 2.75) is 32.6 Å². The minimum absolute atomic E-state index is 0.199. The summed E-state index contributed by atoms with van der Waals surface area (Å²) in [5, 5.41) is 0.867. The summed E-state index contributed by atoms with van der Waals surface area (Å²) in [4.78, 5) is 14.3. The van der Waals surface area contributed by atoms with E-state index in [-0.39, 0.29) is 5.92 Å². The van der Waals surface area contributed by atoms with Crippen molar-refractivity contribution in [3.05, 3.63) is 0 Å². The molecule has 1 aliphatic heterocycles. The fraction of sp³-hybridized carbons (Fsp3) is 0.917. The average molecular weight is 292 g/mol. The van der Waals surface area contributed by atoms with Crippen molar-refractivity contribution >= 4 is 21.8 Å². The van der Waals surface area contributed by atoms with Gasteiger partial charge >= 0.3 is 0 Å². The van der Waals surface area contributed by atoms with Gasteiger partial charge < -0.3 is 9.64 Å². The molecule has 0 atom stereocenters. The van der Waals surface area contributed by atoms with Crippen LogP contribution in [0.25, 0.3) is 0 Å². The first-order valence-corrected chi connectivity index (χ1v) is 7.34. The van der Waals surface area contributed by atoms with Crippen LogP contribution >= 0.6 is 15.9 Å². The Balaban J connectivity index is 2.44. The minimum Gasteiger partial charge on any atom is -0.381 e. The Morgan fingerprint density at radius 3 is 2.62 bits per heavy atom. The van der Waals surface area contributed by atoms with Crippen molar-refractivity contribution < 1.29 is 9.53 Å². The SMILES string of the molecule is CCCCN(CCBr)C(=O)C1CCOCC1. The summed E-state index contributed by atoms with van der Waals surface area (Å²) >= 11 is 3.42. The van der Waals surface area contributed by atoms with Gasteiger partial charge in [0.2, 0.25) is 5.91 Å². The topological polar surface area (TPSA) is 29.5 Å². The van der Waals surface area contributed by atoms with E-state index in [1.165, 1.54) is 0 Å². The van der Waals surface area contributed by atoms with Gasteiger partial charge in [-0.1, -0.05) is 29.3 Å². The Kier molecular flexibility index (Phi) is 7.05. The van der Waals surface area contributed by atoms with E-state index in [2.05, 4.69) is 22.9 Å². The lowest BCUT2D eigenvalue weighted by molar-refractivity contribution is -0.138. The van der Waals surface area contributed by atoms with E-state index in [9.17, 15) is 4.79 Å². The quantitative estimate of drug-likeness (QED) is 0.704. The Bertz CT molecular complexity index is 205. The molecule has 1 aliphatic rings. The zero-order chi connectivity index (χ0) is 11.8. The highest BCUT2D eigenvalue weighted by Gasteiger charge is 2.25. The number of unbranched alkanes of at least 4 members (excludes halogenated alkanes) is 1. The highest BCUT2D eigenvalue weighted by molar-refractivity contribution is 9.09. The molecule has 0 saturated carbocycles. The summed E-state index contributed by atoms with van der Waals surface area (Å²) < 4.78 is 5.29. The lowest BCUT2D eigenvalue weighted by Crippen LogP contribution is -2.40. The first kappa shape index (κ1) is 14.0. The van der Waals surface area contributed by atoms with Crippen LogP contribution in [0.4, 0.5) is 0 Å². The number of carbonyl (C=O) groups is 1. The molecular formula is C12H22BrNO2. The van der Waals surface area contributed by atoms with Crippen LogP contribution in [0.2, 0.25) is 0 Å². The number of nitrogens with zero attached hydrogens (tertiary/aromatic N) is 1. The molecule has 0 aromatic heterocycles. The van der Waals surface area contributed by atoms with Gasteiger partial charge in [-0.3, -0.25) is 4.79 Å². The molecule has 0 aromatic rings. The zero-order valence-corrected chi connectivity index (χ0v) is 11.7. The monoisotopic (exact) mass is 291 g/mol. The Labute approximate surface area is 107 Å². The van der Waals surface area contributed by atoms with E-state index in [0.717, 1.165) is 57.3 Å². The molecule has 16 heavy (non-hydrogen) atoms. The molecule has 0 aromatic carbocycles. The van der Waals surface area contributed by atoms with Gasteiger partial charge in [0.25, 0.3) is 0 Å². The molecule has 0 spiro atoms. The number of rotatable bonds is 6. The summed E-state index contributed by atoms with van der Waals surface area (Å²) in [6, 6.07) is 0. The minimum atomic E-state index is 0.199. The lowest BCUT2D eigenvalue weighted by atomic mass is 9.98. The summed E-state index contributed by atoms with van der Waals surface area (Å²) in [6.07, 6.45) is 4.02. The van der Waals surface area contributed by atoms with Crippen LogP contribution in [-0.4, -0.2) is 42.4 Å².